The number of aryl methyl sites for hydroxylation is 2. The minimum atomic E-state index is -0.331. The zero-order valence-corrected chi connectivity index (χ0v) is 15.7. The number of nitrogens with zero attached hydrogens (tertiary/aromatic N) is 4. The highest BCUT2D eigenvalue weighted by atomic mass is 16.5. The van der Waals surface area contributed by atoms with Gasteiger partial charge in [0.2, 0.25) is 0 Å². The summed E-state index contributed by atoms with van der Waals surface area (Å²) in [6, 6.07) is 7.07. The second-order valence-corrected chi connectivity index (χ2v) is 6.73. The molecule has 1 fully saturated rings. The quantitative estimate of drug-likeness (QED) is 0.792. The lowest BCUT2D eigenvalue weighted by Crippen LogP contribution is -2.51. The van der Waals surface area contributed by atoms with Crippen LogP contribution < -0.4 is 9.64 Å². The van der Waals surface area contributed by atoms with Gasteiger partial charge < -0.3 is 9.26 Å². The van der Waals surface area contributed by atoms with E-state index >= 15 is 0 Å². The third-order valence-corrected chi connectivity index (χ3v) is 4.90. The van der Waals surface area contributed by atoms with Crippen molar-refractivity contribution in [3.05, 3.63) is 41.3 Å². The minimum absolute atomic E-state index is 0.119. The van der Waals surface area contributed by atoms with Crippen molar-refractivity contribution >= 4 is 23.4 Å². The number of hydrogen-bond donors (Lipinski definition) is 0. The fourth-order valence-corrected chi connectivity index (χ4v) is 3.54. The number of ether oxygens (including phenoxy) is 1. The maximum Gasteiger partial charge on any atom is 0.277 e. The highest BCUT2D eigenvalue weighted by Crippen LogP contribution is 2.31. The number of amides is 3. The summed E-state index contributed by atoms with van der Waals surface area (Å²) < 4.78 is 10.5. The van der Waals surface area contributed by atoms with E-state index in [2.05, 4.69) is 5.16 Å². The summed E-state index contributed by atoms with van der Waals surface area (Å²) >= 11 is 0. The smallest absolute Gasteiger partial charge is 0.277 e. The number of benzene rings is 1. The van der Waals surface area contributed by atoms with Crippen LogP contribution in [0.2, 0.25) is 0 Å². The van der Waals surface area contributed by atoms with Gasteiger partial charge in [0.05, 0.1) is 11.4 Å². The summed E-state index contributed by atoms with van der Waals surface area (Å²) in [5.74, 6) is 0.0207. The zero-order chi connectivity index (χ0) is 19.8. The molecular weight excluding hydrogens is 364 g/mol. The molecule has 0 spiro atoms. The van der Waals surface area contributed by atoms with Crippen LogP contribution in [0.4, 0.5) is 5.69 Å². The Kier molecular flexibility index (Phi) is 4.50. The third kappa shape index (κ3) is 2.98. The molecule has 146 valence electrons. The molecule has 2 aliphatic heterocycles. The molecule has 1 aromatic heterocycles. The van der Waals surface area contributed by atoms with Crippen LogP contribution in [0.1, 0.15) is 28.2 Å². The van der Waals surface area contributed by atoms with E-state index in [0.29, 0.717) is 48.0 Å². The Bertz CT molecular complexity index is 934. The lowest BCUT2D eigenvalue weighted by Gasteiger charge is -2.32. The zero-order valence-electron chi connectivity index (χ0n) is 15.7. The molecule has 0 saturated carbocycles. The van der Waals surface area contributed by atoms with Gasteiger partial charge in [-0.25, -0.2) is 10.0 Å². The molecule has 3 amide bonds. The van der Waals surface area contributed by atoms with Crippen molar-refractivity contribution in [1.29, 1.82) is 0 Å². The van der Waals surface area contributed by atoms with Crippen molar-refractivity contribution in [1.82, 2.24) is 15.2 Å². The van der Waals surface area contributed by atoms with Gasteiger partial charge in [0, 0.05) is 13.1 Å². The van der Waals surface area contributed by atoms with Crippen molar-refractivity contribution in [2.45, 2.75) is 20.3 Å². The number of hydrogen-bond acceptors (Lipinski definition) is 6. The van der Waals surface area contributed by atoms with E-state index in [1.807, 2.05) is 0 Å². The molecule has 2 aliphatic rings. The number of fused-ring (bicyclic) bond motifs is 1. The first kappa shape index (κ1) is 18.0. The van der Waals surface area contributed by atoms with E-state index in [1.165, 1.54) is 14.9 Å². The highest BCUT2D eigenvalue weighted by Gasteiger charge is 2.36. The fraction of sp³-hybridized carbons (Fsp3) is 0.368. The first-order valence-electron chi connectivity index (χ1n) is 9.04. The Morgan fingerprint density at radius 3 is 2.64 bits per heavy atom. The average Bonchev–Trinajstić information content (AvgIpc) is 3.30. The van der Waals surface area contributed by atoms with Gasteiger partial charge in [-0.3, -0.25) is 19.3 Å². The first-order chi connectivity index (χ1) is 13.5. The van der Waals surface area contributed by atoms with Crippen molar-refractivity contribution in [3.63, 3.8) is 0 Å². The van der Waals surface area contributed by atoms with Gasteiger partial charge in [0.25, 0.3) is 17.7 Å². The number of para-hydroxylation sites is 2. The second-order valence-electron chi connectivity index (χ2n) is 6.73. The van der Waals surface area contributed by atoms with Crippen molar-refractivity contribution in [2.75, 3.05) is 31.1 Å². The predicted octanol–water partition coefficient (Wildman–Crippen LogP) is 1.31. The standard InChI is InChI=1S/C19H20N4O5/c1-12-18(13(2)28-20-12)19(26)23-9-5-8-22(23)16(24)10-21-14-6-3-4-7-15(14)27-11-17(21)25/h3-4,6-7H,5,8-11H2,1-2H3. The van der Waals surface area contributed by atoms with Crippen LogP contribution in [0.5, 0.6) is 5.75 Å². The first-order valence-corrected chi connectivity index (χ1v) is 9.04. The Balaban J connectivity index is 1.55. The molecule has 0 bridgehead atoms. The molecule has 0 N–H and O–H groups in total. The van der Waals surface area contributed by atoms with Crippen molar-refractivity contribution in [2.24, 2.45) is 0 Å². The molecule has 0 aliphatic carbocycles. The largest absolute Gasteiger partial charge is 0.482 e. The number of anilines is 1. The molecule has 1 saturated heterocycles. The monoisotopic (exact) mass is 384 g/mol. The number of hydrazine groups is 1. The summed E-state index contributed by atoms with van der Waals surface area (Å²) in [6.07, 6.45) is 0.661. The van der Waals surface area contributed by atoms with E-state index in [1.54, 1.807) is 38.1 Å². The minimum Gasteiger partial charge on any atom is -0.482 e. The summed E-state index contributed by atoms with van der Waals surface area (Å²) in [4.78, 5) is 39.7. The van der Waals surface area contributed by atoms with E-state index in [0.717, 1.165) is 0 Å². The summed E-state index contributed by atoms with van der Waals surface area (Å²) in [6.45, 7) is 3.90. The Morgan fingerprint density at radius 1 is 1.14 bits per heavy atom. The van der Waals surface area contributed by atoms with Crippen LogP contribution >= 0.6 is 0 Å². The molecule has 4 rings (SSSR count). The van der Waals surface area contributed by atoms with Crippen molar-refractivity contribution in [3.8, 4) is 5.75 Å². The van der Waals surface area contributed by atoms with Crippen molar-refractivity contribution < 1.29 is 23.6 Å². The summed E-state index contributed by atoms with van der Waals surface area (Å²) in [5.41, 5.74) is 1.40. The van der Waals surface area contributed by atoms with Gasteiger partial charge in [-0.15, -0.1) is 0 Å². The summed E-state index contributed by atoms with van der Waals surface area (Å²) in [5, 5.41) is 6.63. The van der Waals surface area contributed by atoms with Gasteiger partial charge >= 0.3 is 0 Å². The van der Waals surface area contributed by atoms with E-state index in [4.69, 9.17) is 9.26 Å². The number of carbonyl (C=O) groups is 3. The Hall–Kier alpha value is -3.36. The fourth-order valence-electron chi connectivity index (χ4n) is 3.54. The maximum absolute atomic E-state index is 13.0. The van der Waals surface area contributed by atoms with Crippen LogP contribution in [0.15, 0.2) is 28.8 Å². The average molecular weight is 384 g/mol. The van der Waals surface area contributed by atoms with E-state index < -0.39 is 0 Å². The van der Waals surface area contributed by atoms with Gasteiger partial charge in [-0.2, -0.15) is 0 Å². The lowest BCUT2D eigenvalue weighted by atomic mass is 10.2. The molecule has 3 heterocycles. The van der Waals surface area contributed by atoms with Crippen LogP contribution in [0.3, 0.4) is 0 Å². The van der Waals surface area contributed by atoms with E-state index in [9.17, 15) is 14.4 Å². The second kappa shape index (κ2) is 6.99. The molecule has 0 radical (unpaired) electrons. The van der Waals surface area contributed by atoms with Crippen LogP contribution in [-0.4, -0.2) is 59.1 Å². The maximum atomic E-state index is 13.0. The normalized spacial score (nSPS) is 16.2. The lowest BCUT2D eigenvalue weighted by molar-refractivity contribution is -0.140. The van der Waals surface area contributed by atoms with Crippen LogP contribution in [0, 0.1) is 13.8 Å². The third-order valence-electron chi connectivity index (χ3n) is 4.90. The number of aromatic nitrogens is 1. The number of carbonyl (C=O) groups excluding carboxylic acids is 3. The number of rotatable bonds is 3. The van der Waals surface area contributed by atoms with Gasteiger partial charge in [0.1, 0.15) is 23.6 Å². The molecule has 0 unspecified atom stereocenters. The van der Waals surface area contributed by atoms with Crippen LogP contribution in [0.25, 0.3) is 0 Å². The van der Waals surface area contributed by atoms with Crippen LogP contribution in [-0.2, 0) is 9.59 Å². The Labute approximate surface area is 161 Å². The predicted molar refractivity (Wildman–Crippen MR) is 97.6 cm³/mol. The SMILES string of the molecule is Cc1noc(C)c1C(=O)N1CCCN1C(=O)CN1C(=O)COc2ccccc21. The summed E-state index contributed by atoms with van der Waals surface area (Å²) in [7, 11) is 0. The molecule has 0 atom stereocenters. The molecule has 28 heavy (non-hydrogen) atoms. The molecule has 9 nitrogen and oxygen atoms in total. The molecular formula is C19H20N4O5. The highest BCUT2D eigenvalue weighted by molar-refractivity contribution is 6.03. The molecule has 9 heteroatoms. The van der Waals surface area contributed by atoms with E-state index in [-0.39, 0.29) is 30.9 Å². The van der Waals surface area contributed by atoms with Gasteiger partial charge in [-0.05, 0) is 32.4 Å². The van der Waals surface area contributed by atoms with Gasteiger partial charge in [-0.1, -0.05) is 17.3 Å². The van der Waals surface area contributed by atoms with Gasteiger partial charge in [0.15, 0.2) is 6.61 Å². The molecule has 1 aromatic carbocycles. The molecule has 2 aromatic rings. The Morgan fingerprint density at radius 2 is 1.89 bits per heavy atom. The topological polar surface area (TPSA) is 96.2 Å².